The van der Waals surface area contributed by atoms with Gasteiger partial charge in [-0.3, -0.25) is 0 Å². The molecule has 0 aliphatic heterocycles. The van der Waals surface area contributed by atoms with Crippen LogP contribution in [0, 0.1) is 0 Å². The molecule has 0 aliphatic rings. The summed E-state index contributed by atoms with van der Waals surface area (Å²) in [6.45, 7) is 4.26. The van der Waals surface area contributed by atoms with Gasteiger partial charge in [-0.15, -0.1) is 5.10 Å². The largest absolute Gasteiger partial charge is 0.381 e. The first-order valence-corrected chi connectivity index (χ1v) is 3.45. The zero-order valence-electron chi connectivity index (χ0n) is 6.69. The summed E-state index contributed by atoms with van der Waals surface area (Å²) in [5, 5.41) is 7.68. The predicted octanol–water partition coefficient (Wildman–Crippen LogP) is 0.243. The van der Waals surface area contributed by atoms with E-state index in [1.54, 1.807) is 0 Å². The van der Waals surface area contributed by atoms with Crippen molar-refractivity contribution in [1.29, 1.82) is 0 Å². The van der Waals surface area contributed by atoms with Crippen LogP contribution in [-0.2, 0) is 11.5 Å². The average molecular weight is 156 g/mol. The maximum Gasteiger partial charge on any atom is 0.166 e. The summed E-state index contributed by atoms with van der Waals surface area (Å²) < 4.78 is 5.22. The standard InChI is InChI=1S/C6H12N4O/c1-5(2)11-4-10-8-3-6(7)9-10/h3,5H,4H2,1-2H3,(H2,7,9). The number of aromatic nitrogens is 3. The molecular formula is C6H12N4O. The van der Waals surface area contributed by atoms with Crippen molar-refractivity contribution in [1.82, 2.24) is 15.0 Å². The molecule has 1 aromatic heterocycles. The van der Waals surface area contributed by atoms with Crippen molar-refractivity contribution in [2.24, 2.45) is 0 Å². The van der Waals surface area contributed by atoms with Crippen LogP contribution in [-0.4, -0.2) is 21.1 Å². The average Bonchev–Trinajstić information content (AvgIpc) is 2.31. The quantitative estimate of drug-likeness (QED) is 0.680. The number of nitrogens with zero attached hydrogens (tertiary/aromatic N) is 3. The number of anilines is 1. The Kier molecular flexibility index (Phi) is 2.43. The number of hydrogen-bond donors (Lipinski definition) is 1. The van der Waals surface area contributed by atoms with Crippen LogP contribution in [0.5, 0.6) is 0 Å². The smallest absolute Gasteiger partial charge is 0.166 e. The zero-order chi connectivity index (χ0) is 8.27. The van der Waals surface area contributed by atoms with E-state index in [0.717, 1.165) is 0 Å². The Labute approximate surface area is 65.1 Å². The van der Waals surface area contributed by atoms with Crippen LogP contribution in [0.25, 0.3) is 0 Å². The molecule has 0 fully saturated rings. The molecule has 0 bridgehead atoms. The van der Waals surface area contributed by atoms with Crippen LogP contribution in [0.1, 0.15) is 13.8 Å². The van der Waals surface area contributed by atoms with Crippen molar-refractivity contribution in [3.63, 3.8) is 0 Å². The Hall–Kier alpha value is -1.10. The van der Waals surface area contributed by atoms with Crippen LogP contribution in [0.15, 0.2) is 6.20 Å². The zero-order valence-corrected chi connectivity index (χ0v) is 6.69. The van der Waals surface area contributed by atoms with Crippen molar-refractivity contribution in [3.05, 3.63) is 6.20 Å². The molecule has 1 aromatic rings. The third-order valence-electron chi connectivity index (χ3n) is 1.08. The molecule has 0 spiro atoms. The molecule has 0 saturated heterocycles. The molecule has 0 unspecified atom stereocenters. The highest BCUT2D eigenvalue weighted by Gasteiger charge is 1.96. The number of rotatable bonds is 3. The lowest BCUT2D eigenvalue weighted by Crippen LogP contribution is -2.10. The van der Waals surface area contributed by atoms with Gasteiger partial charge in [0.15, 0.2) is 12.5 Å². The van der Waals surface area contributed by atoms with Gasteiger partial charge in [-0.1, -0.05) is 0 Å². The van der Waals surface area contributed by atoms with Gasteiger partial charge in [0.25, 0.3) is 0 Å². The summed E-state index contributed by atoms with van der Waals surface area (Å²) in [4.78, 5) is 1.41. The van der Waals surface area contributed by atoms with Gasteiger partial charge in [0, 0.05) is 0 Å². The van der Waals surface area contributed by atoms with Gasteiger partial charge in [-0.2, -0.15) is 9.90 Å². The van der Waals surface area contributed by atoms with E-state index < -0.39 is 0 Å². The van der Waals surface area contributed by atoms with Crippen molar-refractivity contribution in [2.45, 2.75) is 26.7 Å². The maximum absolute atomic E-state index is 5.33. The Morgan fingerprint density at radius 1 is 1.73 bits per heavy atom. The highest BCUT2D eigenvalue weighted by atomic mass is 16.5. The highest BCUT2D eigenvalue weighted by molar-refractivity contribution is 5.19. The molecule has 0 saturated carbocycles. The predicted molar refractivity (Wildman–Crippen MR) is 40.7 cm³/mol. The number of nitrogen functional groups attached to an aromatic ring is 1. The molecule has 11 heavy (non-hydrogen) atoms. The first-order chi connectivity index (χ1) is 5.18. The number of hydrogen-bond acceptors (Lipinski definition) is 4. The monoisotopic (exact) mass is 156 g/mol. The third kappa shape index (κ3) is 2.55. The molecule has 0 radical (unpaired) electrons. The van der Waals surface area contributed by atoms with Gasteiger partial charge < -0.3 is 10.5 Å². The van der Waals surface area contributed by atoms with Crippen molar-refractivity contribution in [2.75, 3.05) is 5.73 Å². The number of nitrogens with two attached hydrogens (primary N) is 1. The van der Waals surface area contributed by atoms with E-state index in [-0.39, 0.29) is 6.10 Å². The lowest BCUT2D eigenvalue weighted by atomic mass is 10.5. The SMILES string of the molecule is CC(C)OCn1ncc(N)n1. The normalized spacial score (nSPS) is 10.8. The van der Waals surface area contributed by atoms with Crippen molar-refractivity contribution >= 4 is 5.82 Å². The first kappa shape index (κ1) is 8.00. The summed E-state index contributed by atoms with van der Waals surface area (Å²) in [7, 11) is 0. The van der Waals surface area contributed by atoms with Gasteiger partial charge in [0.05, 0.1) is 12.3 Å². The molecule has 62 valence electrons. The lowest BCUT2D eigenvalue weighted by Gasteiger charge is -2.04. The Morgan fingerprint density at radius 3 is 2.91 bits per heavy atom. The summed E-state index contributed by atoms with van der Waals surface area (Å²) in [5.74, 6) is 0.414. The summed E-state index contributed by atoms with van der Waals surface area (Å²) in [6.07, 6.45) is 1.67. The summed E-state index contributed by atoms with van der Waals surface area (Å²) >= 11 is 0. The highest BCUT2D eigenvalue weighted by Crippen LogP contribution is 1.93. The second-order valence-corrected chi connectivity index (χ2v) is 2.49. The van der Waals surface area contributed by atoms with E-state index >= 15 is 0 Å². The Morgan fingerprint density at radius 2 is 2.45 bits per heavy atom. The molecule has 1 heterocycles. The summed E-state index contributed by atoms with van der Waals surface area (Å²) in [6, 6.07) is 0. The molecule has 0 atom stereocenters. The topological polar surface area (TPSA) is 66.0 Å². The van der Waals surface area contributed by atoms with Crippen LogP contribution in [0.3, 0.4) is 0 Å². The third-order valence-corrected chi connectivity index (χ3v) is 1.08. The fourth-order valence-corrected chi connectivity index (χ4v) is 0.589. The second-order valence-electron chi connectivity index (χ2n) is 2.49. The molecule has 2 N–H and O–H groups in total. The molecule has 0 amide bonds. The molecule has 1 rings (SSSR count). The van der Waals surface area contributed by atoms with E-state index in [0.29, 0.717) is 12.5 Å². The number of ether oxygens (including phenoxy) is 1. The fourth-order valence-electron chi connectivity index (χ4n) is 0.589. The van der Waals surface area contributed by atoms with E-state index in [1.165, 1.54) is 11.0 Å². The van der Waals surface area contributed by atoms with E-state index in [4.69, 9.17) is 10.5 Å². The molecule has 0 aliphatic carbocycles. The van der Waals surface area contributed by atoms with Crippen LogP contribution < -0.4 is 5.73 Å². The molecule has 5 heteroatoms. The van der Waals surface area contributed by atoms with Crippen LogP contribution in [0.4, 0.5) is 5.82 Å². The minimum Gasteiger partial charge on any atom is -0.381 e. The van der Waals surface area contributed by atoms with Crippen LogP contribution in [0.2, 0.25) is 0 Å². The first-order valence-electron chi connectivity index (χ1n) is 3.45. The van der Waals surface area contributed by atoms with Crippen molar-refractivity contribution < 1.29 is 4.74 Å². The van der Waals surface area contributed by atoms with Gasteiger partial charge >= 0.3 is 0 Å². The maximum atomic E-state index is 5.33. The fraction of sp³-hybridized carbons (Fsp3) is 0.667. The van der Waals surface area contributed by atoms with E-state index in [1.807, 2.05) is 13.8 Å². The minimum absolute atomic E-state index is 0.183. The lowest BCUT2D eigenvalue weighted by molar-refractivity contribution is 0.0145. The van der Waals surface area contributed by atoms with Gasteiger partial charge in [-0.25, -0.2) is 0 Å². The Bertz CT molecular complexity index is 220. The Balaban J connectivity index is 2.39. The summed E-state index contributed by atoms with van der Waals surface area (Å²) in [5.41, 5.74) is 5.33. The van der Waals surface area contributed by atoms with E-state index in [2.05, 4.69) is 10.2 Å². The molecule has 0 aromatic carbocycles. The van der Waals surface area contributed by atoms with Gasteiger partial charge in [0.2, 0.25) is 0 Å². The second kappa shape index (κ2) is 3.34. The van der Waals surface area contributed by atoms with Crippen LogP contribution >= 0.6 is 0 Å². The van der Waals surface area contributed by atoms with Gasteiger partial charge in [0.1, 0.15) is 0 Å². The molecule has 5 nitrogen and oxygen atoms in total. The van der Waals surface area contributed by atoms with Crippen molar-refractivity contribution in [3.8, 4) is 0 Å². The minimum atomic E-state index is 0.183. The van der Waals surface area contributed by atoms with E-state index in [9.17, 15) is 0 Å². The van der Waals surface area contributed by atoms with Gasteiger partial charge in [-0.05, 0) is 13.8 Å². The molecular weight excluding hydrogens is 144 g/mol.